The zero-order valence-electron chi connectivity index (χ0n) is 11.4. The second-order valence-electron chi connectivity index (χ2n) is 4.30. The van der Waals surface area contributed by atoms with Gasteiger partial charge in [0.1, 0.15) is 5.76 Å². The number of halogens is 1. The Bertz CT molecular complexity index is 517. The van der Waals surface area contributed by atoms with E-state index in [0.29, 0.717) is 6.61 Å². The first-order chi connectivity index (χ1) is 9.79. The molecule has 0 saturated heterocycles. The molecule has 0 atom stereocenters. The fraction of sp³-hybridized carbons (Fsp3) is 0.333. The van der Waals surface area contributed by atoms with Gasteiger partial charge in [-0.25, -0.2) is 0 Å². The van der Waals surface area contributed by atoms with Crippen molar-refractivity contribution >= 4 is 23.4 Å². The van der Waals surface area contributed by atoms with E-state index in [4.69, 9.17) is 20.8 Å². The Hall–Kier alpha value is -0.940. The second kappa shape index (κ2) is 8.37. The lowest BCUT2D eigenvalue weighted by Gasteiger charge is -2.07. The minimum Gasteiger partial charge on any atom is -0.468 e. The SMILES string of the molecule is COCCNCc1ccc(SCc2ccco2)c(Cl)c1. The van der Waals surface area contributed by atoms with Crippen LogP contribution in [-0.2, 0) is 17.0 Å². The molecule has 0 saturated carbocycles. The molecule has 1 N–H and O–H groups in total. The fourth-order valence-corrected chi connectivity index (χ4v) is 2.91. The Labute approximate surface area is 128 Å². The molecule has 5 heteroatoms. The molecule has 108 valence electrons. The molecule has 0 fully saturated rings. The van der Waals surface area contributed by atoms with Crippen LogP contribution < -0.4 is 5.32 Å². The summed E-state index contributed by atoms with van der Waals surface area (Å²) in [6, 6.07) is 10.0. The highest BCUT2D eigenvalue weighted by Crippen LogP contribution is 2.30. The number of thioether (sulfide) groups is 1. The molecule has 2 aromatic rings. The van der Waals surface area contributed by atoms with Gasteiger partial charge < -0.3 is 14.5 Å². The highest BCUT2D eigenvalue weighted by molar-refractivity contribution is 7.98. The lowest BCUT2D eigenvalue weighted by Crippen LogP contribution is -2.18. The third kappa shape index (κ3) is 4.87. The van der Waals surface area contributed by atoms with Crippen LogP contribution in [0.1, 0.15) is 11.3 Å². The molecule has 0 aliphatic carbocycles. The van der Waals surface area contributed by atoms with Crippen molar-refractivity contribution in [1.29, 1.82) is 0 Å². The van der Waals surface area contributed by atoms with Gasteiger partial charge in [-0.3, -0.25) is 0 Å². The largest absolute Gasteiger partial charge is 0.468 e. The molecule has 1 heterocycles. The maximum Gasteiger partial charge on any atom is 0.113 e. The molecule has 1 aromatic carbocycles. The maximum atomic E-state index is 6.31. The summed E-state index contributed by atoms with van der Waals surface area (Å²) in [6.07, 6.45) is 1.69. The van der Waals surface area contributed by atoms with Crippen LogP contribution in [0.25, 0.3) is 0 Å². The van der Waals surface area contributed by atoms with E-state index < -0.39 is 0 Å². The van der Waals surface area contributed by atoms with Gasteiger partial charge in [-0.1, -0.05) is 17.7 Å². The van der Waals surface area contributed by atoms with Crippen molar-refractivity contribution in [3.05, 3.63) is 52.9 Å². The summed E-state index contributed by atoms with van der Waals surface area (Å²) in [5.41, 5.74) is 1.17. The number of hydrogen-bond donors (Lipinski definition) is 1. The van der Waals surface area contributed by atoms with Gasteiger partial charge in [0, 0.05) is 25.1 Å². The number of benzene rings is 1. The first kappa shape index (κ1) is 15.4. The fourth-order valence-electron chi connectivity index (χ4n) is 1.72. The summed E-state index contributed by atoms with van der Waals surface area (Å²) in [5, 5.41) is 4.08. The molecule has 3 nitrogen and oxygen atoms in total. The molecular weight excluding hydrogens is 294 g/mol. The van der Waals surface area contributed by atoms with E-state index in [-0.39, 0.29) is 0 Å². The molecule has 0 radical (unpaired) electrons. The van der Waals surface area contributed by atoms with Crippen LogP contribution in [0.2, 0.25) is 5.02 Å². The number of furan rings is 1. The van der Waals surface area contributed by atoms with Gasteiger partial charge >= 0.3 is 0 Å². The number of rotatable bonds is 8. The summed E-state index contributed by atoms with van der Waals surface area (Å²) in [4.78, 5) is 1.07. The predicted octanol–water partition coefficient (Wildman–Crippen LogP) is 3.96. The highest BCUT2D eigenvalue weighted by atomic mass is 35.5. The van der Waals surface area contributed by atoms with Crippen molar-refractivity contribution in [2.24, 2.45) is 0 Å². The van der Waals surface area contributed by atoms with Gasteiger partial charge in [0.2, 0.25) is 0 Å². The first-order valence-corrected chi connectivity index (χ1v) is 7.79. The third-order valence-electron chi connectivity index (χ3n) is 2.76. The van der Waals surface area contributed by atoms with Crippen molar-refractivity contribution in [3.8, 4) is 0 Å². The second-order valence-corrected chi connectivity index (χ2v) is 5.73. The average Bonchev–Trinajstić information content (AvgIpc) is 2.96. The van der Waals surface area contributed by atoms with Crippen LogP contribution in [0.15, 0.2) is 45.9 Å². The van der Waals surface area contributed by atoms with Gasteiger partial charge in [-0.05, 0) is 29.8 Å². The highest BCUT2D eigenvalue weighted by Gasteiger charge is 2.04. The topological polar surface area (TPSA) is 34.4 Å². The molecular formula is C15H18ClNO2S. The van der Waals surface area contributed by atoms with Gasteiger partial charge in [0.05, 0.1) is 23.6 Å². The third-order valence-corrected chi connectivity index (χ3v) is 4.28. The molecule has 0 spiro atoms. The van der Waals surface area contributed by atoms with Gasteiger partial charge in [-0.15, -0.1) is 11.8 Å². The zero-order valence-corrected chi connectivity index (χ0v) is 13.0. The van der Waals surface area contributed by atoms with Crippen LogP contribution in [0.3, 0.4) is 0 Å². The number of ether oxygens (including phenoxy) is 1. The average molecular weight is 312 g/mol. The maximum absolute atomic E-state index is 6.31. The van der Waals surface area contributed by atoms with E-state index >= 15 is 0 Å². The monoisotopic (exact) mass is 311 g/mol. The van der Waals surface area contributed by atoms with Crippen LogP contribution in [0, 0.1) is 0 Å². The van der Waals surface area contributed by atoms with Crippen molar-refractivity contribution in [1.82, 2.24) is 5.32 Å². The quantitative estimate of drug-likeness (QED) is 0.591. The number of nitrogens with one attached hydrogen (secondary N) is 1. The Morgan fingerprint density at radius 3 is 2.95 bits per heavy atom. The minimum atomic E-state index is 0.713. The van der Waals surface area contributed by atoms with E-state index in [9.17, 15) is 0 Å². The number of hydrogen-bond acceptors (Lipinski definition) is 4. The van der Waals surface area contributed by atoms with Crippen molar-refractivity contribution in [2.75, 3.05) is 20.3 Å². The van der Waals surface area contributed by atoms with Crippen LogP contribution in [0.5, 0.6) is 0 Å². The summed E-state index contributed by atoms with van der Waals surface area (Å²) in [7, 11) is 1.70. The van der Waals surface area contributed by atoms with Crippen LogP contribution in [-0.4, -0.2) is 20.3 Å². The molecule has 0 aliphatic rings. The lowest BCUT2D eigenvalue weighted by atomic mass is 10.2. The van der Waals surface area contributed by atoms with E-state index in [2.05, 4.69) is 17.4 Å². The Morgan fingerprint density at radius 2 is 2.25 bits per heavy atom. The number of methoxy groups -OCH3 is 1. The summed E-state index contributed by atoms with van der Waals surface area (Å²) < 4.78 is 10.3. The molecule has 0 amide bonds. The van der Waals surface area contributed by atoms with Gasteiger partial charge in [0.15, 0.2) is 0 Å². The lowest BCUT2D eigenvalue weighted by molar-refractivity contribution is 0.199. The predicted molar refractivity (Wildman–Crippen MR) is 83.3 cm³/mol. The normalized spacial score (nSPS) is 10.9. The van der Waals surface area contributed by atoms with Crippen LogP contribution in [0.4, 0.5) is 0 Å². The Morgan fingerprint density at radius 1 is 1.35 bits per heavy atom. The van der Waals surface area contributed by atoms with Crippen LogP contribution >= 0.6 is 23.4 Å². The summed E-state index contributed by atoms with van der Waals surface area (Å²) in [6.45, 7) is 2.35. The van der Waals surface area contributed by atoms with E-state index in [0.717, 1.165) is 34.5 Å². The molecule has 0 bridgehead atoms. The summed E-state index contributed by atoms with van der Waals surface area (Å²) >= 11 is 7.99. The Balaban J connectivity index is 1.85. The molecule has 20 heavy (non-hydrogen) atoms. The van der Waals surface area contributed by atoms with E-state index in [1.54, 1.807) is 25.1 Å². The zero-order chi connectivity index (χ0) is 14.2. The van der Waals surface area contributed by atoms with E-state index in [1.165, 1.54) is 5.56 Å². The first-order valence-electron chi connectivity index (χ1n) is 6.43. The van der Waals surface area contributed by atoms with Crippen molar-refractivity contribution in [2.45, 2.75) is 17.2 Å². The van der Waals surface area contributed by atoms with E-state index in [1.807, 2.05) is 18.2 Å². The Kier molecular flexibility index (Phi) is 6.47. The van der Waals surface area contributed by atoms with Gasteiger partial charge in [0.25, 0.3) is 0 Å². The smallest absolute Gasteiger partial charge is 0.113 e. The molecule has 0 unspecified atom stereocenters. The van der Waals surface area contributed by atoms with Gasteiger partial charge in [-0.2, -0.15) is 0 Å². The molecule has 0 aliphatic heterocycles. The molecule has 1 aromatic heterocycles. The van der Waals surface area contributed by atoms with Crippen molar-refractivity contribution < 1.29 is 9.15 Å². The van der Waals surface area contributed by atoms with Crippen molar-refractivity contribution in [3.63, 3.8) is 0 Å². The minimum absolute atomic E-state index is 0.713. The summed E-state index contributed by atoms with van der Waals surface area (Å²) in [5.74, 6) is 1.74. The standard InChI is InChI=1S/C15H18ClNO2S/c1-18-8-6-17-10-12-4-5-15(14(16)9-12)20-11-13-3-2-7-19-13/h2-5,7,9,17H,6,8,10-11H2,1H3. The molecule has 2 rings (SSSR count).